The normalized spacial score (nSPS) is 11.9. The first-order valence-corrected chi connectivity index (χ1v) is 6.55. The Labute approximate surface area is 116 Å². The Kier molecular flexibility index (Phi) is 3.05. The number of fused-ring (bicyclic) bond motifs is 1. The molecule has 0 saturated carbocycles. The maximum Gasteiger partial charge on any atom is 0.290 e. The number of benzene rings is 2. The average molecular weight is 271 g/mol. The highest BCUT2D eigenvalue weighted by Gasteiger charge is 2.32. The smallest absolute Gasteiger partial charge is 0.290 e. The van der Waals surface area contributed by atoms with Gasteiger partial charge in [-0.25, -0.2) is 0 Å². The molecule has 2 aromatic carbocycles. The lowest BCUT2D eigenvalue weighted by atomic mass is 10.1. The van der Waals surface area contributed by atoms with Crippen LogP contribution < -0.4 is 0 Å². The highest BCUT2D eigenvalue weighted by Crippen LogP contribution is 2.31. The van der Waals surface area contributed by atoms with Gasteiger partial charge < -0.3 is 4.57 Å². The topological polar surface area (TPSA) is 4.93 Å². The first-order chi connectivity index (χ1) is 9.56. The van der Waals surface area contributed by atoms with Gasteiger partial charge >= 0.3 is 0 Å². The molecule has 0 unspecified atom stereocenters. The lowest BCUT2D eigenvalue weighted by molar-refractivity contribution is -0.0211. The van der Waals surface area contributed by atoms with Gasteiger partial charge in [-0.2, -0.15) is 8.78 Å². The van der Waals surface area contributed by atoms with Crippen molar-refractivity contribution in [2.75, 3.05) is 0 Å². The molecule has 3 aromatic rings. The van der Waals surface area contributed by atoms with Gasteiger partial charge in [-0.1, -0.05) is 42.5 Å². The lowest BCUT2D eigenvalue weighted by Crippen LogP contribution is -2.20. The number of nitrogens with zero attached hydrogens (tertiary/aromatic N) is 1. The fourth-order valence-electron chi connectivity index (χ4n) is 2.42. The van der Waals surface area contributed by atoms with Crippen molar-refractivity contribution in [3.05, 3.63) is 71.9 Å². The van der Waals surface area contributed by atoms with Crippen molar-refractivity contribution < 1.29 is 8.78 Å². The minimum absolute atomic E-state index is 0.0505. The molecule has 0 saturated heterocycles. The Morgan fingerprint density at radius 3 is 2.50 bits per heavy atom. The second-order valence-corrected chi connectivity index (χ2v) is 5.08. The molecule has 1 nitrogen and oxygen atoms in total. The van der Waals surface area contributed by atoms with E-state index >= 15 is 0 Å². The SMILES string of the molecule is Cc1ccc2ccn(CC(F)(F)c3ccccc3)c2c1. The van der Waals surface area contributed by atoms with E-state index in [1.165, 1.54) is 12.1 Å². The van der Waals surface area contributed by atoms with Gasteiger partial charge in [-0.15, -0.1) is 0 Å². The molecule has 0 amide bonds. The number of hydrogen-bond acceptors (Lipinski definition) is 0. The molecule has 0 radical (unpaired) electrons. The van der Waals surface area contributed by atoms with Gasteiger partial charge in [0.1, 0.15) is 0 Å². The van der Waals surface area contributed by atoms with Crippen LogP contribution in [-0.4, -0.2) is 4.57 Å². The Morgan fingerprint density at radius 2 is 1.75 bits per heavy atom. The molecule has 20 heavy (non-hydrogen) atoms. The van der Waals surface area contributed by atoms with Gasteiger partial charge in [0.25, 0.3) is 5.92 Å². The van der Waals surface area contributed by atoms with Crippen molar-refractivity contribution in [1.29, 1.82) is 0 Å². The van der Waals surface area contributed by atoms with Crippen LogP contribution in [0.4, 0.5) is 8.78 Å². The summed E-state index contributed by atoms with van der Waals surface area (Å²) in [6.07, 6.45) is 1.72. The lowest BCUT2D eigenvalue weighted by Gasteiger charge is -2.18. The second kappa shape index (κ2) is 4.75. The van der Waals surface area contributed by atoms with Crippen LogP contribution in [-0.2, 0) is 12.5 Å². The van der Waals surface area contributed by atoms with E-state index in [0.717, 1.165) is 16.5 Å². The van der Waals surface area contributed by atoms with E-state index in [-0.39, 0.29) is 12.1 Å². The van der Waals surface area contributed by atoms with Gasteiger partial charge in [-0.3, -0.25) is 0 Å². The molecule has 0 atom stereocenters. The molecular weight excluding hydrogens is 256 g/mol. The highest BCUT2D eigenvalue weighted by molar-refractivity contribution is 5.80. The molecule has 0 bridgehead atoms. The maximum absolute atomic E-state index is 14.3. The Hall–Kier alpha value is -2.16. The third-order valence-corrected chi connectivity index (χ3v) is 3.49. The summed E-state index contributed by atoms with van der Waals surface area (Å²) in [6.45, 7) is 1.62. The van der Waals surface area contributed by atoms with E-state index in [2.05, 4.69) is 0 Å². The predicted octanol–water partition coefficient (Wildman–Crippen LogP) is 4.74. The quantitative estimate of drug-likeness (QED) is 0.648. The van der Waals surface area contributed by atoms with Gasteiger partial charge in [0.15, 0.2) is 0 Å². The zero-order chi connectivity index (χ0) is 14.2. The molecule has 102 valence electrons. The summed E-state index contributed by atoms with van der Waals surface area (Å²) in [4.78, 5) is 0. The van der Waals surface area contributed by atoms with E-state index in [0.29, 0.717) is 0 Å². The fourth-order valence-corrected chi connectivity index (χ4v) is 2.42. The Morgan fingerprint density at radius 1 is 1.00 bits per heavy atom. The molecule has 0 aliphatic carbocycles. The maximum atomic E-state index is 14.3. The molecule has 0 fully saturated rings. The van der Waals surface area contributed by atoms with Crippen molar-refractivity contribution in [2.45, 2.75) is 19.4 Å². The van der Waals surface area contributed by atoms with Crippen LogP contribution >= 0.6 is 0 Å². The Bertz CT molecular complexity index is 729. The zero-order valence-corrected chi connectivity index (χ0v) is 11.2. The van der Waals surface area contributed by atoms with Gasteiger partial charge in [0, 0.05) is 17.3 Å². The second-order valence-electron chi connectivity index (χ2n) is 5.08. The number of hydrogen-bond donors (Lipinski definition) is 0. The van der Waals surface area contributed by atoms with Crippen molar-refractivity contribution in [2.24, 2.45) is 0 Å². The predicted molar refractivity (Wildman–Crippen MR) is 77.0 cm³/mol. The minimum Gasteiger partial charge on any atom is -0.341 e. The third-order valence-electron chi connectivity index (χ3n) is 3.49. The van der Waals surface area contributed by atoms with Crippen molar-refractivity contribution in [3.63, 3.8) is 0 Å². The molecule has 1 aromatic heterocycles. The summed E-state index contributed by atoms with van der Waals surface area (Å²) in [7, 11) is 0. The molecule has 0 aliphatic heterocycles. The van der Waals surface area contributed by atoms with Gasteiger partial charge in [0.2, 0.25) is 0 Å². The number of rotatable bonds is 3. The largest absolute Gasteiger partial charge is 0.341 e. The monoisotopic (exact) mass is 271 g/mol. The van der Waals surface area contributed by atoms with Crippen LogP contribution in [0.15, 0.2) is 60.8 Å². The summed E-state index contributed by atoms with van der Waals surface area (Å²) in [5.74, 6) is -2.88. The van der Waals surface area contributed by atoms with Crippen molar-refractivity contribution in [3.8, 4) is 0 Å². The number of aryl methyl sites for hydroxylation is 1. The van der Waals surface area contributed by atoms with Crippen LogP contribution in [0, 0.1) is 6.92 Å². The first-order valence-electron chi connectivity index (χ1n) is 6.55. The van der Waals surface area contributed by atoms with Crippen LogP contribution in [0.1, 0.15) is 11.1 Å². The summed E-state index contributed by atoms with van der Waals surface area (Å²) in [5, 5.41) is 0.986. The van der Waals surface area contributed by atoms with Crippen LogP contribution in [0.2, 0.25) is 0 Å². The third kappa shape index (κ3) is 2.31. The molecular formula is C17H15F2N. The van der Waals surface area contributed by atoms with Crippen LogP contribution in [0.25, 0.3) is 10.9 Å². The minimum atomic E-state index is -2.88. The number of alkyl halides is 2. The zero-order valence-electron chi connectivity index (χ0n) is 11.2. The number of halogens is 2. The van der Waals surface area contributed by atoms with E-state index in [1.807, 2.05) is 31.2 Å². The van der Waals surface area contributed by atoms with Crippen molar-refractivity contribution >= 4 is 10.9 Å². The van der Waals surface area contributed by atoms with E-state index in [9.17, 15) is 8.78 Å². The summed E-state index contributed by atoms with van der Waals surface area (Å²) >= 11 is 0. The first kappa shape index (κ1) is 12.9. The van der Waals surface area contributed by atoms with Crippen molar-refractivity contribution in [1.82, 2.24) is 4.57 Å². The average Bonchev–Trinajstić information content (AvgIpc) is 2.82. The van der Waals surface area contributed by atoms with Crippen LogP contribution in [0.5, 0.6) is 0 Å². The molecule has 1 heterocycles. The van der Waals surface area contributed by atoms with Gasteiger partial charge in [0.05, 0.1) is 6.54 Å². The Balaban J connectivity index is 1.99. The van der Waals surface area contributed by atoms with E-state index in [4.69, 9.17) is 0 Å². The fraction of sp³-hybridized carbons (Fsp3) is 0.176. The summed E-state index contributed by atoms with van der Waals surface area (Å²) < 4.78 is 30.3. The molecule has 0 spiro atoms. The molecule has 3 heteroatoms. The standard InChI is InChI=1S/C17H15F2N/c1-13-7-8-14-9-10-20(16(14)11-13)12-17(18,19)15-5-3-2-4-6-15/h2-11H,12H2,1H3. The summed E-state index contributed by atoms with van der Waals surface area (Å²) in [5.41, 5.74) is 1.97. The molecule has 0 aliphatic rings. The molecule has 0 N–H and O–H groups in total. The van der Waals surface area contributed by atoms with Crippen LogP contribution in [0.3, 0.4) is 0 Å². The molecule has 3 rings (SSSR count). The number of aromatic nitrogens is 1. The highest BCUT2D eigenvalue weighted by atomic mass is 19.3. The summed E-state index contributed by atoms with van der Waals surface area (Å²) in [6, 6.07) is 15.7. The van der Waals surface area contributed by atoms with Gasteiger partial charge in [-0.05, 0) is 30.0 Å². The van der Waals surface area contributed by atoms with E-state index in [1.54, 1.807) is 29.0 Å². The van der Waals surface area contributed by atoms with E-state index < -0.39 is 5.92 Å².